The summed E-state index contributed by atoms with van der Waals surface area (Å²) in [6.07, 6.45) is 1.87. The van der Waals surface area contributed by atoms with E-state index >= 15 is 0 Å². The van der Waals surface area contributed by atoms with Crippen LogP contribution in [0.15, 0.2) is 36.4 Å². The number of hydrogen-bond donors (Lipinski definition) is 1. The van der Waals surface area contributed by atoms with Gasteiger partial charge in [0.15, 0.2) is 11.5 Å². The maximum absolute atomic E-state index is 12.5. The number of carbonyl (C=O) groups is 2. The molecule has 6 nitrogen and oxygen atoms in total. The number of hydrogen-bond acceptors (Lipinski definition) is 6. The van der Waals surface area contributed by atoms with Gasteiger partial charge in [0.2, 0.25) is 0 Å². The molecule has 2 rings (SSSR count). The number of rotatable bonds is 7. The highest BCUT2D eigenvalue weighted by atomic mass is 32.2. The molecule has 0 fully saturated rings. The molecule has 132 valence electrons. The predicted octanol–water partition coefficient (Wildman–Crippen LogP) is 3.48. The van der Waals surface area contributed by atoms with Crippen LogP contribution in [0.3, 0.4) is 0 Å². The second kappa shape index (κ2) is 8.43. The highest BCUT2D eigenvalue weighted by Gasteiger charge is 2.20. The van der Waals surface area contributed by atoms with E-state index < -0.39 is 11.9 Å². The van der Waals surface area contributed by atoms with Gasteiger partial charge in [-0.1, -0.05) is 6.07 Å². The van der Waals surface area contributed by atoms with E-state index in [1.165, 1.54) is 38.1 Å². The fourth-order valence-corrected chi connectivity index (χ4v) is 2.74. The number of carbonyl (C=O) groups excluding carboxylic acids is 1. The lowest BCUT2D eigenvalue weighted by Gasteiger charge is -2.15. The molecule has 0 aromatic heterocycles. The van der Waals surface area contributed by atoms with E-state index in [9.17, 15) is 14.7 Å². The zero-order valence-electron chi connectivity index (χ0n) is 14.1. The molecule has 0 radical (unpaired) electrons. The molecule has 2 aromatic rings. The Morgan fingerprint density at radius 2 is 1.84 bits per heavy atom. The first kappa shape index (κ1) is 18.7. The quantitative estimate of drug-likeness (QED) is 0.596. The first-order valence-corrected chi connectivity index (χ1v) is 8.69. The van der Waals surface area contributed by atoms with Gasteiger partial charge in [0.05, 0.1) is 25.3 Å². The number of methoxy groups -OCH3 is 2. The fraction of sp³-hybridized carbons (Fsp3) is 0.222. The second-order valence-corrected chi connectivity index (χ2v) is 5.89. The summed E-state index contributed by atoms with van der Waals surface area (Å²) in [4.78, 5) is 23.7. The van der Waals surface area contributed by atoms with Crippen molar-refractivity contribution in [1.29, 1.82) is 0 Å². The molecule has 0 bridgehead atoms. The van der Waals surface area contributed by atoms with Crippen molar-refractivity contribution in [3.05, 3.63) is 53.1 Å². The monoisotopic (exact) mass is 362 g/mol. The van der Waals surface area contributed by atoms with Gasteiger partial charge in [-0.15, -0.1) is 0 Å². The third-order valence-electron chi connectivity index (χ3n) is 3.40. The minimum absolute atomic E-state index is 0.0714. The van der Waals surface area contributed by atoms with Gasteiger partial charge in [-0.25, -0.2) is 9.59 Å². The van der Waals surface area contributed by atoms with E-state index in [2.05, 4.69) is 0 Å². The van der Waals surface area contributed by atoms with Crippen LogP contribution in [0.1, 0.15) is 26.3 Å². The van der Waals surface area contributed by atoms with E-state index in [1.807, 2.05) is 6.26 Å². The van der Waals surface area contributed by atoms with Crippen LogP contribution in [-0.2, 0) is 5.75 Å². The lowest BCUT2D eigenvalue weighted by atomic mass is 10.1. The smallest absolute Gasteiger partial charge is 0.343 e. The molecule has 0 aliphatic rings. The number of carboxylic acid groups (broad SMARTS) is 1. The number of benzene rings is 2. The standard InChI is InChI=1S/C18H18O6S/c1-22-14-6-4-5-11(8-14)18(21)24-16-13(10-25-3)7-12(17(19)20)9-15(16)23-2/h4-9H,10H2,1-3H3,(H,19,20). The Bertz CT molecular complexity index is 787. The SMILES string of the molecule is COc1cccc(C(=O)Oc2c(CSC)cc(C(=O)O)cc2OC)c1. The summed E-state index contributed by atoms with van der Waals surface area (Å²) < 4.78 is 15.8. The molecular weight excluding hydrogens is 344 g/mol. The van der Waals surface area contributed by atoms with Crippen molar-refractivity contribution in [2.75, 3.05) is 20.5 Å². The van der Waals surface area contributed by atoms with Crippen molar-refractivity contribution >= 4 is 23.7 Å². The molecule has 2 aromatic carbocycles. The van der Waals surface area contributed by atoms with Crippen LogP contribution < -0.4 is 14.2 Å². The minimum Gasteiger partial charge on any atom is -0.497 e. The molecule has 25 heavy (non-hydrogen) atoms. The average molecular weight is 362 g/mol. The van der Waals surface area contributed by atoms with E-state index in [0.29, 0.717) is 22.6 Å². The van der Waals surface area contributed by atoms with E-state index in [4.69, 9.17) is 14.2 Å². The summed E-state index contributed by atoms with van der Waals surface area (Å²) in [7, 11) is 2.90. The van der Waals surface area contributed by atoms with Crippen molar-refractivity contribution in [3.8, 4) is 17.2 Å². The number of aromatic carboxylic acids is 1. The minimum atomic E-state index is -1.08. The molecular formula is C18H18O6S. The number of ether oxygens (including phenoxy) is 3. The van der Waals surface area contributed by atoms with Crippen molar-refractivity contribution in [3.63, 3.8) is 0 Å². The van der Waals surface area contributed by atoms with Crippen LogP contribution in [0.5, 0.6) is 17.2 Å². The zero-order chi connectivity index (χ0) is 18.4. The number of thioether (sulfide) groups is 1. The molecule has 0 unspecified atom stereocenters. The molecule has 0 aliphatic heterocycles. The van der Waals surface area contributed by atoms with Crippen molar-refractivity contribution in [1.82, 2.24) is 0 Å². The second-order valence-electron chi connectivity index (χ2n) is 5.03. The zero-order valence-corrected chi connectivity index (χ0v) is 14.9. The highest BCUT2D eigenvalue weighted by Crippen LogP contribution is 2.35. The summed E-state index contributed by atoms with van der Waals surface area (Å²) in [5, 5.41) is 9.22. The van der Waals surface area contributed by atoms with E-state index in [-0.39, 0.29) is 17.1 Å². The van der Waals surface area contributed by atoms with Gasteiger partial charge in [0, 0.05) is 11.3 Å². The average Bonchev–Trinajstić information content (AvgIpc) is 2.62. The summed E-state index contributed by atoms with van der Waals surface area (Å²) in [6.45, 7) is 0. The molecule has 0 aliphatic carbocycles. The molecule has 0 amide bonds. The van der Waals surface area contributed by atoms with Gasteiger partial charge in [-0.2, -0.15) is 11.8 Å². The Hall–Kier alpha value is -2.67. The summed E-state index contributed by atoms with van der Waals surface area (Å²) in [5.41, 5.74) is 0.960. The third-order valence-corrected chi connectivity index (χ3v) is 4.00. The van der Waals surface area contributed by atoms with Gasteiger partial charge in [-0.3, -0.25) is 0 Å². The summed E-state index contributed by atoms with van der Waals surface area (Å²) in [6, 6.07) is 9.39. The van der Waals surface area contributed by atoms with E-state index in [1.54, 1.807) is 24.3 Å². The fourth-order valence-electron chi connectivity index (χ4n) is 2.22. The van der Waals surface area contributed by atoms with Crippen LogP contribution in [0.25, 0.3) is 0 Å². The maximum Gasteiger partial charge on any atom is 0.343 e. The first-order valence-electron chi connectivity index (χ1n) is 7.29. The predicted molar refractivity (Wildman–Crippen MR) is 95.1 cm³/mol. The maximum atomic E-state index is 12.5. The lowest BCUT2D eigenvalue weighted by Crippen LogP contribution is -2.12. The topological polar surface area (TPSA) is 82.1 Å². The summed E-state index contributed by atoms with van der Waals surface area (Å²) in [5.74, 6) is -0.242. The Kier molecular flexibility index (Phi) is 6.30. The molecule has 7 heteroatoms. The highest BCUT2D eigenvalue weighted by molar-refractivity contribution is 7.97. The van der Waals surface area contributed by atoms with E-state index in [0.717, 1.165) is 0 Å². The van der Waals surface area contributed by atoms with Crippen LogP contribution in [0.4, 0.5) is 0 Å². The molecule has 0 heterocycles. The largest absolute Gasteiger partial charge is 0.497 e. The molecule has 0 spiro atoms. The normalized spacial score (nSPS) is 10.2. The lowest BCUT2D eigenvalue weighted by molar-refractivity contribution is 0.0696. The van der Waals surface area contributed by atoms with Gasteiger partial charge in [0.25, 0.3) is 0 Å². The molecule has 0 atom stereocenters. The third kappa shape index (κ3) is 4.45. The van der Waals surface area contributed by atoms with Gasteiger partial charge in [-0.05, 0) is 36.6 Å². The van der Waals surface area contributed by atoms with Crippen molar-refractivity contribution in [2.45, 2.75) is 5.75 Å². The van der Waals surface area contributed by atoms with Crippen LogP contribution in [0.2, 0.25) is 0 Å². The van der Waals surface area contributed by atoms with Crippen LogP contribution >= 0.6 is 11.8 Å². The number of carboxylic acids is 1. The molecule has 0 saturated carbocycles. The number of esters is 1. The van der Waals surface area contributed by atoms with Crippen molar-refractivity contribution < 1.29 is 28.9 Å². The molecule has 0 saturated heterocycles. The van der Waals surface area contributed by atoms with Crippen LogP contribution in [-0.4, -0.2) is 37.5 Å². The Labute approximate surface area is 149 Å². The molecule has 1 N–H and O–H groups in total. The summed E-state index contributed by atoms with van der Waals surface area (Å²) >= 11 is 1.48. The van der Waals surface area contributed by atoms with Crippen LogP contribution in [0, 0.1) is 0 Å². The van der Waals surface area contributed by atoms with Crippen molar-refractivity contribution in [2.24, 2.45) is 0 Å². The van der Waals surface area contributed by atoms with Gasteiger partial charge in [0.1, 0.15) is 5.75 Å². The Morgan fingerprint density at radius 1 is 1.08 bits per heavy atom. The Balaban J connectivity index is 2.42. The van der Waals surface area contributed by atoms with Gasteiger partial charge >= 0.3 is 11.9 Å². The first-order chi connectivity index (χ1) is 12.0. The van der Waals surface area contributed by atoms with Gasteiger partial charge < -0.3 is 19.3 Å². The Morgan fingerprint density at radius 3 is 2.44 bits per heavy atom.